The van der Waals surface area contributed by atoms with Crippen molar-refractivity contribution in [1.29, 1.82) is 0 Å². The van der Waals surface area contributed by atoms with E-state index in [1.807, 2.05) is 0 Å². The minimum atomic E-state index is -0.0225. The van der Waals surface area contributed by atoms with E-state index >= 15 is 0 Å². The highest BCUT2D eigenvalue weighted by Crippen LogP contribution is 2.21. The van der Waals surface area contributed by atoms with E-state index in [0.29, 0.717) is 11.1 Å². The molecule has 2 nitrogen and oxygen atoms in total. The van der Waals surface area contributed by atoms with E-state index in [2.05, 4.69) is 32.7 Å². The highest BCUT2D eigenvalue weighted by Gasteiger charge is 2.17. The lowest BCUT2D eigenvalue weighted by Crippen LogP contribution is -2.41. The topological polar surface area (TPSA) is 24.4 Å². The van der Waals surface area contributed by atoms with Crippen molar-refractivity contribution in [3.63, 3.8) is 0 Å². The summed E-state index contributed by atoms with van der Waals surface area (Å²) >= 11 is 5.98. The summed E-state index contributed by atoms with van der Waals surface area (Å²) in [4.78, 5) is 4.69. The van der Waals surface area contributed by atoms with Crippen LogP contribution in [0.4, 0.5) is 0 Å². The van der Waals surface area contributed by atoms with E-state index in [9.17, 15) is 0 Å². The SMILES string of the molecule is C=C(Cl)C(=NC1CCCCC1)NC(C)(C)C. The van der Waals surface area contributed by atoms with Gasteiger partial charge in [0.05, 0.1) is 11.1 Å². The quantitative estimate of drug-likeness (QED) is 0.577. The standard InChI is InChI=1S/C13H23ClN2/c1-10(14)12(16-13(2,3)4)15-11-8-6-5-7-9-11/h11H,1,5-9H2,2-4H3,(H,15,16). The van der Waals surface area contributed by atoms with E-state index in [0.717, 1.165) is 5.84 Å². The fourth-order valence-electron chi connectivity index (χ4n) is 1.92. The number of hydrogen-bond donors (Lipinski definition) is 1. The summed E-state index contributed by atoms with van der Waals surface area (Å²) in [5.41, 5.74) is -0.0225. The number of hydrogen-bond acceptors (Lipinski definition) is 1. The number of halogens is 1. The lowest BCUT2D eigenvalue weighted by Gasteiger charge is -2.25. The fourth-order valence-corrected chi connectivity index (χ4v) is 2.01. The van der Waals surface area contributed by atoms with Crippen molar-refractivity contribution in [3.05, 3.63) is 11.6 Å². The third-order valence-corrected chi connectivity index (χ3v) is 2.82. The maximum absolute atomic E-state index is 5.98. The van der Waals surface area contributed by atoms with Gasteiger partial charge in [-0.25, -0.2) is 0 Å². The van der Waals surface area contributed by atoms with Crippen LogP contribution >= 0.6 is 11.6 Å². The Morgan fingerprint density at radius 3 is 2.25 bits per heavy atom. The lowest BCUT2D eigenvalue weighted by molar-refractivity contribution is 0.439. The zero-order valence-corrected chi connectivity index (χ0v) is 11.4. The summed E-state index contributed by atoms with van der Waals surface area (Å²) in [6.45, 7) is 10.1. The van der Waals surface area contributed by atoms with Crippen LogP contribution in [0.25, 0.3) is 0 Å². The maximum Gasteiger partial charge on any atom is 0.140 e. The molecule has 1 saturated carbocycles. The second kappa shape index (κ2) is 5.72. The predicted octanol–water partition coefficient (Wildman–Crippen LogP) is 3.86. The molecule has 0 aliphatic heterocycles. The molecule has 16 heavy (non-hydrogen) atoms. The molecule has 1 N–H and O–H groups in total. The fraction of sp³-hybridized carbons (Fsp3) is 0.769. The van der Waals surface area contributed by atoms with Crippen molar-refractivity contribution in [3.8, 4) is 0 Å². The van der Waals surface area contributed by atoms with E-state index in [-0.39, 0.29) is 5.54 Å². The number of aliphatic imine (C=N–C) groups is 1. The molecule has 0 radical (unpaired) electrons. The molecule has 0 aromatic carbocycles. The van der Waals surface area contributed by atoms with Gasteiger partial charge in [-0.15, -0.1) is 0 Å². The van der Waals surface area contributed by atoms with Crippen LogP contribution in [0.3, 0.4) is 0 Å². The highest BCUT2D eigenvalue weighted by atomic mass is 35.5. The molecule has 0 atom stereocenters. The van der Waals surface area contributed by atoms with E-state index < -0.39 is 0 Å². The first-order chi connectivity index (χ1) is 7.38. The Balaban J connectivity index is 2.68. The molecule has 1 aliphatic carbocycles. The van der Waals surface area contributed by atoms with Gasteiger partial charge in [0, 0.05) is 5.54 Å². The normalized spacial score (nSPS) is 19.6. The largest absolute Gasteiger partial charge is 0.365 e. The molecule has 0 aromatic heterocycles. The van der Waals surface area contributed by atoms with Gasteiger partial charge in [0.15, 0.2) is 0 Å². The van der Waals surface area contributed by atoms with Gasteiger partial charge in [-0.05, 0) is 33.6 Å². The Hall–Kier alpha value is -0.500. The number of nitrogens with one attached hydrogen (secondary N) is 1. The molecule has 0 spiro atoms. The molecule has 0 aromatic rings. The third kappa shape index (κ3) is 5.02. The van der Waals surface area contributed by atoms with Gasteiger partial charge < -0.3 is 5.32 Å². The van der Waals surface area contributed by atoms with Gasteiger partial charge in [-0.1, -0.05) is 37.4 Å². The van der Waals surface area contributed by atoms with Crippen LogP contribution in [0, 0.1) is 0 Å². The van der Waals surface area contributed by atoms with Crippen molar-refractivity contribution < 1.29 is 0 Å². The van der Waals surface area contributed by atoms with Crippen LogP contribution in [-0.2, 0) is 0 Å². The first kappa shape index (κ1) is 13.6. The smallest absolute Gasteiger partial charge is 0.140 e. The minimum absolute atomic E-state index is 0.0225. The van der Waals surface area contributed by atoms with Crippen LogP contribution in [0.2, 0.25) is 0 Å². The van der Waals surface area contributed by atoms with Gasteiger partial charge in [-0.3, -0.25) is 4.99 Å². The van der Waals surface area contributed by atoms with Crippen molar-refractivity contribution in [2.75, 3.05) is 0 Å². The summed E-state index contributed by atoms with van der Waals surface area (Å²) < 4.78 is 0. The molecule has 1 rings (SSSR count). The second-order valence-corrected chi connectivity index (χ2v) is 6.01. The first-order valence-corrected chi connectivity index (χ1v) is 6.47. The molecule has 1 aliphatic rings. The molecule has 92 valence electrons. The average Bonchev–Trinajstić information content (AvgIpc) is 2.16. The number of nitrogens with zero attached hydrogens (tertiary/aromatic N) is 1. The van der Waals surface area contributed by atoms with Gasteiger partial charge in [0.1, 0.15) is 5.84 Å². The molecule has 1 fully saturated rings. The molecule has 0 heterocycles. The first-order valence-electron chi connectivity index (χ1n) is 6.09. The minimum Gasteiger partial charge on any atom is -0.365 e. The predicted molar refractivity (Wildman–Crippen MR) is 72.2 cm³/mol. The van der Waals surface area contributed by atoms with Crippen LogP contribution in [0.15, 0.2) is 16.6 Å². The van der Waals surface area contributed by atoms with Crippen molar-refractivity contribution in [2.45, 2.75) is 64.5 Å². The Bertz CT molecular complexity index is 270. The van der Waals surface area contributed by atoms with Gasteiger partial charge >= 0.3 is 0 Å². The summed E-state index contributed by atoms with van der Waals surface area (Å²) in [6.07, 6.45) is 6.27. The van der Waals surface area contributed by atoms with E-state index in [1.54, 1.807) is 0 Å². The van der Waals surface area contributed by atoms with Gasteiger partial charge in [0.2, 0.25) is 0 Å². The Morgan fingerprint density at radius 1 is 1.25 bits per heavy atom. The zero-order chi connectivity index (χ0) is 12.2. The Kier molecular flexibility index (Phi) is 4.85. The summed E-state index contributed by atoms with van der Waals surface area (Å²) in [6, 6.07) is 0.425. The summed E-state index contributed by atoms with van der Waals surface area (Å²) in [7, 11) is 0. The van der Waals surface area contributed by atoms with Crippen LogP contribution in [-0.4, -0.2) is 17.4 Å². The molecular formula is C13H23ClN2. The van der Waals surface area contributed by atoms with E-state index in [4.69, 9.17) is 16.6 Å². The molecule has 0 unspecified atom stereocenters. The molecular weight excluding hydrogens is 220 g/mol. The van der Waals surface area contributed by atoms with Crippen molar-refractivity contribution in [2.24, 2.45) is 4.99 Å². The van der Waals surface area contributed by atoms with Crippen LogP contribution in [0.5, 0.6) is 0 Å². The monoisotopic (exact) mass is 242 g/mol. The Labute approximate surface area is 104 Å². The van der Waals surface area contributed by atoms with Crippen LogP contribution < -0.4 is 5.32 Å². The molecule has 0 amide bonds. The van der Waals surface area contributed by atoms with Crippen molar-refractivity contribution in [1.82, 2.24) is 5.32 Å². The van der Waals surface area contributed by atoms with Crippen molar-refractivity contribution >= 4 is 17.4 Å². The summed E-state index contributed by atoms with van der Waals surface area (Å²) in [5, 5.41) is 3.84. The molecule has 0 saturated heterocycles. The zero-order valence-electron chi connectivity index (χ0n) is 10.6. The number of rotatable bonds is 2. The molecule has 3 heteroatoms. The molecule has 0 bridgehead atoms. The second-order valence-electron chi connectivity index (χ2n) is 5.55. The van der Waals surface area contributed by atoms with E-state index in [1.165, 1.54) is 32.1 Å². The summed E-state index contributed by atoms with van der Waals surface area (Å²) in [5.74, 6) is 0.765. The maximum atomic E-state index is 5.98. The highest BCUT2D eigenvalue weighted by molar-refractivity contribution is 6.42. The lowest BCUT2D eigenvalue weighted by atomic mass is 9.96. The Morgan fingerprint density at radius 2 is 1.81 bits per heavy atom. The van der Waals surface area contributed by atoms with Gasteiger partial charge in [0.25, 0.3) is 0 Å². The third-order valence-electron chi connectivity index (χ3n) is 2.64. The number of amidine groups is 1. The van der Waals surface area contributed by atoms with Crippen LogP contribution in [0.1, 0.15) is 52.9 Å². The average molecular weight is 243 g/mol. The van der Waals surface area contributed by atoms with Gasteiger partial charge in [-0.2, -0.15) is 0 Å².